The van der Waals surface area contributed by atoms with Gasteiger partial charge in [-0.1, -0.05) is 46.4 Å². The highest BCUT2D eigenvalue weighted by Gasteiger charge is 2.42. The summed E-state index contributed by atoms with van der Waals surface area (Å²) in [5.41, 5.74) is 0. The fourth-order valence-corrected chi connectivity index (χ4v) is 1.62. The Hall–Kier alpha value is 0.560. The lowest BCUT2D eigenvalue weighted by atomic mass is 10.1. The average molecular weight is 250 g/mol. The second kappa shape index (κ2) is 3.37. The zero-order valence-electron chi connectivity index (χ0n) is 5.56. The third kappa shape index (κ3) is 1.60. The van der Waals surface area contributed by atoms with E-state index in [2.05, 4.69) is 0 Å². The van der Waals surface area contributed by atoms with Crippen molar-refractivity contribution in [3.63, 3.8) is 0 Å². The Kier molecular flexibility index (Phi) is 2.99. The number of allylic oxidation sites excluding steroid dienone is 2. The number of hydrogen-bond acceptors (Lipinski definition) is 2. The Labute approximate surface area is 89.0 Å². The second-order valence-corrected chi connectivity index (χ2v) is 4.06. The molecule has 6 heteroatoms. The van der Waals surface area contributed by atoms with Crippen molar-refractivity contribution in [1.29, 1.82) is 0 Å². The highest BCUT2D eigenvalue weighted by molar-refractivity contribution is 6.45. The predicted molar refractivity (Wildman–Crippen MR) is 49.5 cm³/mol. The topological polar surface area (TPSA) is 40.5 Å². The summed E-state index contributed by atoms with van der Waals surface area (Å²) >= 11 is 22.0. The van der Waals surface area contributed by atoms with Crippen LogP contribution >= 0.6 is 46.4 Å². The molecule has 0 amide bonds. The van der Waals surface area contributed by atoms with Gasteiger partial charge in [-0.2, -0.15) is 0 Å². The van der Waals surface area contributed by atoms with Crippen LogP contribution in [-0.2, 0) is 0 Å². The van der Waals surface area contributed by atoms with Crippen LogP contribution in [0, 0.1) is 0 Å². The number of halogens is 4. The van der Waals surface area contributed by atoms with E-state index in [1.54, 1.807) is 0 Å². The molecule has 0 saturated heterocycles. The molecule has 0 fully saturated rings. The molecule has 0 aromatic heterocycles. The van der Waals surface area contributed by atoms with Crippen LogP contribution in [0.25, 0.3) is 0 Å². The summed E-state index contributed by atoms with van der Waals surface area (Å²) in [4.78, 5) is 0. The summed E-state index contributed by atoms with van der Waals surface area (Å²) in [5.74, 6) is 0. The van der Waals surface area contributed by atoms with Crippen molar-refractivity contribution in [2.24, 2.45) is 0 Å². The van der Waals surface area contributed by atoms with Gasteiger partial charge in [-0.15, -0.1) is 0 Å². The normalized spacial score (nSPS) is 36.8. The fourth-order valence-electron chi connectivity index (χ4n) is 0.711. The van der Waals surface area contributed by atoms with Gasteiger partial charge in [0.15, 0.2) is 0 Å². The van der Waals surface area contributed by atoms with Crippen molar-refractivity contribution < 1.29 is 10.2 Å². The van der Waals surface area contributed by atoms with Gasteiger partial charge in [0, 0.05) is 0 Å². The first-order valence-corrected chi connectivity index (χ1v) is 4.40. The zero-order chi connectivity index (χ0) is 9.52. The van der Waals surface area contributed by atoms with Crippen LogP contribution in [0.1, 0.15) is 0 Å². The van der Waals surface area contributed by atoms with Gasteiger partial charge in [-0.05, 0) is 6.08 Å². The van der Waals surface area contributed by atoms with Gasteiger partial charge in [0.2, 0.25) is 5.06 Å². The molecule has 0 heterocycles. The third-order valence-electron chi connectivity index (χ3n) is 1.42. The second-order valence-electron chi connectivity index (χ2n) is 2.26. The van der Waals surface area contributed by atoms with Gasteiger partial charge in [-0.25, -0.2) is 0 Å². The van der Waals surface area contributed by atoms with E-state index in [9.17, 15) is 10.2 Å². The van der Waals surface area contributed by atoms with Crippen LogP contribution in [-0.4, -0.2) is 21.4 Å². The molecule has 0 saturated carbocycles. The molecule has 0 bridgehead atoms. The monoisotopic (exact) mass is 248 g/mol. The molecule has 1 aliphatic rings. The van der Waals surface area contributed by atoms with Crippen LogP contribution in [0.2, 0.25) is 0 Å². The molecule has 0 aliphatic heterocycles. The van der Waals surface area contributed by atoms with Crippen molar-refractivity contribution >= 4 is 46.4 Å². The number of aliphatic hydroxyl groups excluding tert-OH is 1. The zero-order valence-corrected chi connectivity index (χ0v) is 8.58. The van der Waals surface area contributed by atoms with Gasteiger partial charge in [0.05, 0.1) is 15.1 Å². The summed E-state index contributed by atoms with van der Waals surface area (Å²) in [6, 6.07) is 0. The van der Waals surface area contributed by atoms with Crippen molar-refractivity contribution in [2.45, 2.75) is 11.2 Å². The minimum atomic E-state index is -2.07. The average Bonchev–Trinajstić information content (AvgIpc) is 1.99. The quantitative estimate of drug-likeness (QED) is 0.646. The van der Waals surface area contributed by atoms with E-state index in [0.29, 0.717) is 0 Å². The maximum absolute atomic E-state index is 9.34. The predicted octanol–water partition coefficient (Wildman–Crippen LogP) is 2.10. The van der Waals surface area contributed by atoms with Gasteiger partial charge in [-0.3, -0.25) is 0 Å². The number of alkyl halides is 1. The summed E-state index contributed by atoms with van der Waals surface area (Å²) in [6.07, 6.45) is -0.309. The Morgan fingerprint density at radius 2 is 1.83 bits per heavy atom. The minimum absolute atomic E-state index is 0.0690. The lowest BCUT2D eigenvalue weighted by Gasteiger charge is -2.29. The molecule has 68 valence electrons. The summed E-state index contributed by atoms with van der Waals surface area (Å²) < 4.78 is 0. The van der Waals surface area contributed by atoms with Gasteiger partial charge in [0.25, 0.3) is 0 Å². The molecule has 0 spiro atoms. The van der Waals surface area contributed by atoms with Gasteiger partial charge >= 0.3 is 0 Å². The SMILES string of the molecule is O[C@H]1C(Cl)=C(Cl)C=C(Cl)[C@]1(O)Cl. The first kappa shape index (κ1) is 10.6. The van der Waals surface area contributed by atoms with Crippen LogP contribution in [0.4, 0.5) is 0 Å². The number of rotatable bonds is 0. The van der Waals surface area contributed by atoms with E-state index in [1.807, 2.05) is 0 Å². The van der Waals surface area contributed by atoms with E-state index in [0.717, 1.165) is 0 Å². The van der Waals surface area contributed by atoms with Crippen LogP contribution < -0.4 is 0 Å². The molecule has 2 atom stereocenters. The van der Waals surface area contributed by atoms with E-state index in [-0.39, 0.29) is 15.1 Å². The molecule has 0 aromatic carbocycles. The van der Waals surface area contributed by atoms with E-state index in [4.69, 9.17) is 46.4 Å². The molecule has 1 aliphatic carbocycles. The standard InChI is InChI=1S/C6H4Cl4O2/c7-2-1-3(8)6(10,12)5(11)4(2)9/h1,5,11-12H/t5-,6+/m0/s1. The fraction of sp³-hybridized carbons (Fsp3) is 0.333. The maximum Gasteiger partial charge on any atom is 0.206 e. The van der Waals surface area contributed by atoms with Crippen LogP contribution in [0.15, 0.2) is 21.2 Å². The van der Waals surface area contributed by atoms with E-state index in [1.165, 1.54) is 6.08 Å². The number of aliphatic hydroxyl groups is 2. The molecular formula is C6H4Cl4O2. The number of hydrogen-bond donors (Lipinski definition) is 2. The molecule has 1 rings (SSSR count). The summed E-state index contributed by atoms with van der Waals surface area (Å²) in [7, 11) is 0. The lowest BCUT2D eigenvalue weighted by molar-refractivity contribution is 0.0414. The molecule has 2 N–H and O–H groups in total. The maximum atomic E-state index is 9.34. The first-order valence-electron chi connectivity index (χ1n) is 2.89. The Bertz CT molecular complexity index is 269. The first-order chi connectivity index (χ1) is 5.37. The third-order valence-corrected chi connectivity index (χ3v) is 3.14. The van der Waals surface area contributed by atoms with Gasteiger partial charge < -0.3 is 10.2 Å². The largest absolute Gasteiger partial charge is 0.383 e. The van der Waals surface area contributed by atoms with Crippen LogP contribution in [0.5, 0.6) is 0 Å². The minimum Gasteiger partial charge on any atom is -0.383 e. The summed E-state index contributed by atoms with van der Waals surface area (Å²) in [6.45, 7) is 0. The van der Waals surface area contributed by atoms with E-state index >= 15 is 0 Å². The highest BCUT2D eigenvalue weighted by atomic mass is 35.5. The smallest absolute Gasteiger partial charge is 0.206 e. The van der Waals surface area contributed by atoms with Crippen molar-refractivity contribution in [2.75, 3.05) is 0 Å². The molecule has 12 heavy (non-hydrogen) atoms. The molecule has 0 aromatic rings. The Balaban J connectivity index is 3.16. The molecule has 2 nitrogen and oxygen atoms in total. The molecule has 0 unspecified atom stereocenters. The molecule has 0 radical (unpaired) electrons. The van der Waals surface area contributed by atoms with Crippen LogP contribution in [0.3, 0.4) is 0 Å². The van der Waals surface area contributed by atoms with Crippen molar-refractivity contribution in [3.8, 4) is 0 Å². The van der Waals surface area contributed by atoms with Gasteiger partial charge in [0.1, 0.15) is 6.10 Å². The van der Waals surface area contributed by atoms with Crippen molar-refractivity contribution in [3.05, 3.63) is 21.2 Å². The summed E-state index contributed by atoms with van der Waals surface area (Å²) in [5, 5.41) is 16.3. The molecular weight excluding hydrogens is 246 g/mol. The highest BCUT2D eigenvalue weighted by Crippen LogP contribution is 2.40. The van der Waals surface area contributed by atoms with E-state index < -0.39 is 11.2 Å². The van der Waals surface area contributed by atoms with Crippen molar-refractivity contribution in [1.82, 2.24) is 0 Å². The lowest BCUT2D eigenvalue weighted by Crippen LogP contribution is -2.39. The Morgan fingerprint density at radius 1 is 1.33 bits per heavy atom. The Morgan fingerprint density at radius 3 is 2.33 bits per heavy atom.